The summed E-state index contributed by atoms with van der Waals surface area (Å²) in [5.41, 5.74) is 7.98. The molecule has 2 unspecified atom stereocenters. The number of β-amino-alcohol motifs (C(OH)–C–C–N with tert-alkyl or cyclic N) is 1. The fourth-order valence-electron chi connectivity index (χ4n) is 2.69. The number of nitrogen functional groups attached to an aromatic ring is 1. The average molecular weight is 328 g/mol. The Hall–Kier alpha value is -0.620. The number of aliphatic hydroxyl groups excluding tert-OH is 1. The highest BCUT2D eigenvalue weighted by Crippen LogP contribution is 2.25. The lowest BCUT2D eigenvalue weighted by atomic mass is 10.1. The van der Waals surface area contributed by atoms with Gasteiger partial charge in [0.1, 0.15) is 0 Å². The Labute approximate surface area is 123 Å². The van der Waals surface area contributed by atoms with Gasteiger partial charge in [0.25, 0.3) is 0 Å². The summed E-state index contributed by atoms with van der Waals surface area (Å²) in [6.07, 6.45) is 0.621. The second kappa shape index (κ2) is 6.22. The second-order valence-corrected chi connectivity index (χ2v) is 6.49. The first-order valence-corrected chi connectivity index (χ1v) is 7.35. The molecule has 0 aromatic heterocycles. The van der Waals surface area contributed by atoms with Crippen molar-refractivity contribution in [3.05, 3.63) is 28.2 Å². The molecule has 1 aromatic carbocycles. The summed E-state index contributed by atoms with van der Waals surface area (Å²) in [5, 5.41) is 9.88. The molecule has 0 spiro atoms. The van der Waals surface area contributed by atoms with Gasteiger partial charge in [0, 0.05) is 35.8 Å². The summed E-state index contributed by atoms with van der Waals surface area (Å²) in [4.78, 5) is 4.49. The van der Waals surface area contributed by atoms with Gasteiger partial charge < -0.3 is 15.7 Å². The van der Waals surface area contributed by atoms with E-state index in [9.17, 15) is 5.11 Å². The van der Waals surface area contributed by atoms with Gasteiger partial charge in [-0.2, -0.15) is 0 Å². The lowest BCUT2D eigenvalue weighted by Crippen LogP contribution is -2.37. The van der Waals surface area contributed by atoms with Crippen LogP contribution in [-0.4, -0.2) is 54.2 Å². The van der Waals surface area contributed by atoms with E-state index < -0.39 is 0 Å². The molecule has 19 heavy (non-hydrogen) atoms. The fraction of sp³-hybridized carbons (Fsp3) is 0.571. The van der Waals surface area contributed by atoms with Crippen LogP contribution in [0.15, 0.2) is 22.7 Å². The molecular formula is C14H22BrN3O. The molecule has 1 fully saturated rings. The normalized spacial score (nSPS) is 24.3. The summed E-state index contributed by atoms with van der Waals surface area (Å²) in [5.74, 6) is 0. The molecule has 2 rings (SSSR count). The van der Waals surface area contributed by atoms with E-state index in [4.69, 9.17) is 5.73 Å². The van der Waals surface area contributed by atoms with Gasteiger partial charge in [-0.3, -0.25) is 4.90 Å². The van der Waals surface area contributed by atoms with Crippen molar-refractivity contribution in [1.29, 1.82) is 0 Å². The number of nitrogens with two attached hydrogens (primary N) is 1. The minimum atomic E-state index is -0.221. The average Bonchev–Trinajstić information content (AvgIpc) is 2.62. The van der Waals surface area contributed by atoms with Crippen molar-refractivity contribution in [3.8, 4) is 0 Å². The third kappa shape index (κ3) is 3.92. The van der Waals surface area contributed by atoms with Gasteiger partial charge in [0.2, 0.25) is 0 Å². The van der Waals surface area contributed by atoms with Crippen molar-refractivity contribution in [2.24, 2.45) is 0 Å². The Kier molecular flexibility index (Phi) is 4.84. The van der Waals surface area contributed by atoms with E-state index in [0.717, 1.165) is 41.8 Å². The molecule has 0 bridgehead atoms. The van der Waals surface area contributed by atoms with E-state index in [-0.39, 0.29) is 6.10 Å². The van der Waals surface area contributed by atoms with Gasteiger partial charge in [0.05, 0.1) is 6.10 Å². The molecule has 0 radical (unpaired) electrons. The van der Waals surface area contributed by atoms with Crippen LogP contribution in [0, 0.1) is 0 Å². The number of aliphatic hydroxyl groups is 1. The zero-order valence-electron chi connectivity index (χ0n) is 11.5. The van der Waals surface area contributed by atoms with Crippen LogP contribution in [0.25, 0.3) is 0 Å². The van der Waals surface area contributed by atoms with Crippen LogP contribution in [0.3, 0.4) is 0 Å². The van der Waals surface area contributed by atoms with E-state index >= 15 is 0 Å². The van der Waals surface area contributed by atoms with E-state index in [2.05, 4.69) is 45.9 Å². The van der Waals surface area contributed by atoms with Crippen molar-refractivity contribution in [2.75, 3.05) is 32.9 Å². The summed E-state index contributed by atoms with van der Waals surface area (Å²) in [7, 11) is 4.13. The molecule has 4 nitrogen and oxygen atoms in total. The predicted molar refractivity (Wildman–Crippen MR) is 81.9 cm³/mol. The topological polar surface area (TPSA) is 52.7 Å². The van der Waals surface area contributed by atoms with Gasteiger partial charge in [-0.15, -0.1) is 0 Å². The van der Waals surface area contributed by atoms with Crippen LogP contribution in [-0.2, 0) is 6.54 Å². The van der Waals surface area contributed by atoms with Gasteiger partial charge in [-0.25, -0.2) is 0 Å². The number of nitrogens with zero attached hydrogens (tertiary/aromatic N) is 2. The highest BCUT2D eigenvalue weighted by atomic mass is 79.9. The SMILES string of the molecule is CN(C)CC1CC(O)CN1Cc1ccc(Br)cc1N. The van der Waals surface area contributed by atoms with E-state index in [1.165, 1.54) is 0 Å². The maximum Gasteiger partial charge on any atom is 0.0682 e. The van der Waals surface area contributed by atoms with Gasteiger partial charge in [0.15, 0.2) is 0 Å². The molecule has 5 heteroatoms. The van der Waals surface area contributed by atoms with Crippen molar-refractivity contribution < 1.29 is 5.11 Å². The van der Waals surface area contributed by atoms with Crippen LogP contribution >= 0.6 is 15.9 Å². The second-order valence-electron chi connectivity index (χ2n) is 5.58. The number of hydrogen-bond acceptors (Lipinski definition) is 4. The van der Waals surface area contributed by atoms with Gasteiger partial charge in [-0.1, -0.05) is 22.0 Å². The van der Waals surface area contributed by atoms with Crippen molar-refractivity contribution in [1.82, 2.24) is 9.80 Å². The molecule has 0 saturated carbocycles. The lowest BCUT2D eigenvalue weighted by Gasteiger charge is -2.27. The summed E-state index contributed by atoms with van der Waals surface area (Å²) < 4.78 is 1.00. The molecule has 0 amide bonds. The molecule has 1 aliphatic rings. The molecule has 2 atom stereocenters. The number of likely N-dealkylation sites (tertiary alicyclic amines) is 1. The molecule has 1 aliphatic heterocycles. The minimum Gasteiger partial charge on any atom is -0.398 e. The van der Waals surface area contributed by atoms with E-state index in [1.54, 1.807) is 0 Å². The minimum absolute atomic E-state index is 0.221. The molecule has 106 valence electrons. The Morgan fingerprint density at radius 1 is 1.47 bits per heavy atom. The Morgan fingerprint density at radius 3 is 2.84 bits per heavy atom. The van der Waals surface area contributed by atoms with Crippen molar-refractivity contribution >= 4 is 21.6 Å². The van der Waals surface area contributed by atoms with Gasteiger partial charge in [-0.05, 0) is 38.2 Å². The third-order valence-corrected chi connectivity index (χ3v) is 4.06. The Balaban J connectivity index is 2.07. The molecule has 3 N–H and O–H groups in total. The van der Waals surface area contributed by atoms with Crippen LogP contribution in [0.5, 0.6) is 0 Å². The zero-order chi connectivity index (χ0) is 14.0. The molecule has 1 aromatic rings. The van der Waals surface area contributed by atoms with Crippen LogP contribution in [0.4, 0.5) is 5.69 Å². The van der Waals surface area contributed by atoms with Crippen LogP contribution in [0.2, 0.25) is 0 Å². The van der Waals surface area contributed by atoms with E-state index in [1.807, 2.05) is 12.1 Å². The maximum absolute atomic E-state index is 9.88. The van der Waals surface area contributed by atoms with Crippen molar-refractivity contribution in [3.63, 3.8) is 0 Å². The number of likely N-dealkylation sites (N-methyl/N-ethyl adjacent to an activating group) is 1. The standard InChI is InChI=1S/C14H22BrN3O/c1-17(2)8-12-6-13(19)9-18(12)7-10-3-4-11(15)5-14(10)16/h3-5,12-13,19H,6-9,16H2,1-2H3. The largest absolute Gasteiger partial charge is 0.398 e. The van der Waals surface area contributed by atoms with Gasteiger partial charge >= 0.3 is 0 Å². The Bertz CT molecular complexity index is 439. The predicted octanol–water partition coefficient (Wildman–Crippen LogP) is 1.53. The summed E-state index contributed by atoms with van der Waals surface area (Å²) in [6, 6.07) is 6.40. The quantitative estimate of drug-likeness (QED) is 0.823. The van der Waals surface area contributed by atoms with Crippen LogP contribution in [0.1, 0.15) is 12.0 Å². The molecule has 0 aliphatic carbocycles. The summed E-state index contributed by atoms with van der Waals surface area (Å²) in [6.45, 7) is 2.50. The first kappa shape index (κ1) is 14.8. The van der Waals surface area contributed by atoms with E-state index in [0.29, 0.717) is 6.04 Å². The monoisotopic (exact) mass is 327 g/mol. The fourth-order valence-corrected chi connectivity index (χ4v) is 3.07. The first-order valence-electron chi connectivity index (χ1n) is 6.56. The molecular weight excluding hydrogens is 306 g/mol. The third-order valence-electron chi connectivity index (χ3n) is 3.56. The highest BCUT2D eigenvalue weighted by Gasteiger charge is 2.31. The maximum atomic E-state index is 9.88. The number of rotatable bonds is 4. The zero-order valence-corrected chi connectivity index (χ0v) is 13.1. The number of benzene rings is 1. The summed E-state index contributed by atoms with van der Waals surface area (Å²) >= 11 is 3.42. The smallest absolute Gasteiger partial charge is 0.0682 e. The highest BCUT2D eigenvalue weighted by molar-refractivity contribution is 9.10. The number of hydrogen-bond donors (Lipinski definition) is 2. The molecule has 1 heterocycles. The van der Waals surface area contributed by atoms with Crippen LogP contribution < -0.4 is 5.73 Å². The number of halogens is 1. The number of anilines is 1. The van der Waals surface area contributed by atoms with Crippen molar-refractivity contribution in [2.45, 2.75) is 25.1 Å². The Morgan fingerprint density at radius 2 is 2.21 bits per heavy atom. The lowest BCUT2D eigenvalue weighted by molar-refractivity contribution is 0.169. The molecule has 1 saturated heterocycles. The first-order chi connectivity index (χ1) is 8.95.